The highest BCUT2D eigenvalue weighted by Crippen LogP contribution is 2.32. The number of fused-ring (bicyclic) bond motifs is 1. The molecule has 214 valence electrons. The van der Waals surface area contributed by atoms with E-state index < -0.39 is 11.7 Å². The molecule has 1 amide bonds. The number of benzene rings is 1. The van der Waals surface area contributed by atoms with Gasteiger partial charge in [0, 0.05) is 55.1 Å². The normalized spacial score (nSPS) is 20.1. The minimum absolute atomic E-state index is 0.0241. The van der Waals surface area contributed by atoms with Gasteiger partial charge in [0.2, 0.25) is 5.91 Å². The fourth-order valence-corrected chi connectivity index (χ4v) is 6.01. The molecule has 41 heavy (non-hydrogen) atoms. The van der Waals surface area contributed by atoms with Crippen LogP contribution in [0.3, 0.4) is 0 Å². The van der Waals surface area contributed by atoms with E-state index in [1.807, 2.05) is 35.4 Å². The lowest BCUT2D eigenvalue weighted by Crippen LogP contribution is -2.55. The summed E-state index contributed by atoms with van der Waals surface area (Å²) in [6.07, 6.45) is 2.80. The highest BCUT2D eigenvalue weighted by Gasteiger charge is 2.35. The predicted molar refractivity (Wildman–Crippen MR) is 152 cm³/mol. The maximum atomic E-state index is 13.0. The lowest BCUT2D eigenvalue weighted by molar-refractivity contribution is -0.137. The lowest BCUT2D eigenvalue weighted by atomic mass is 9.90. The Labute approximate surface area is 240 Å². The van der Waals surface area contributed by atoms with Crippen LogP contribution in [0.25, 0.3) is 22.2 Å². The fraction of sp³-hybridized carbons (Fsp3) is 0.367. The number of likely N-dealkylation sites (tertiary alicyclic amines) is 1. The van der Waals surface area contributed by atoms with Gasteiger partial charge in [0.05, 0.1) is 11.5 Å². The van der Waals surface area contributed by atoms with Gasteiger partial charge in [-0.15, -0.1) is 0 Å². The second-order valence-electron chi connectivity index (χ2n) is 11.0. The van der Waals surface area contributed by atoms with Crippen molar-refractivity contribution in [3.63, 3.8) is 0 Å². The average Bonchev–Trinajstić information content (AvgIpc) is 3.35. The van der Waals surface area contributed by atoms with E-state index in [4.69, 9.17) is 11.6 Å². The Balaban J connectivity index is 0.972. The van der Waals surface area contributed by atoms with Gasteiger partial charge in [-0.05, 0) is 67.1 Å². The number of nitrogens with one attached hydrogen (secondary N) is 3. The van der Waals surface area contributed by atoms with Gasteiger partial charge in [-0.1, -0.05) is 29.8 Å². The van der Waals surface area contributed by atoms with Crippen molar-refractivity contribution in [3.05, 3.63) is 77.2 Å². The van der Waals surface area contributed by atoms with Crippen LogP contribution in [0.1, 0.15) is 36.8 Å². The number of pyridine rings is 2. The Morgan fingerprint density at radius 3 is 2.61 bits per heavy atom. The Hall–Kier alpha value is -3.63. The van der Waals surface area contributed by atoms with Crippen molar-refractivity contribution in [2.75, 3.05) is 18.4 Å². The van der Waals surface area contributed by atoms with Crippen molar-refractivity contribution in [2.45, 2.75) is 50.5 Å². The van der Waals surface area contributed by atoms with Crippen LogP contribution in [0.5, 0.6) is 0 Å². The summed E-state index contributed by atoms with van der Waals surface area (Å²) in [5.74, 6) is 0.607. The third kappa shape index (κ3) is 6.33. The van der Waals surface area contributed by atoms with E-state index in [0.29, 0.717) is 36.2 Å². The molecule has 3 aromatic heterocycles. The lowest BCUT2D eigenvalue weighted by Gasteiger charge is -2.39. The fourth-order valence-electron chi connectivity index (χ4n) is 5.80. The quantitative estimate of drug-likeness (QED) is 0.224. The standard InChI is InChI=1S/C30H30ClF3N6O/c31-26-12-19(25-14-36-28-24(25)5-2-10-35-28)13-27(39-26)37-22-6-8-23(9-7-22)38-29(41)20-16-40(17-20)15-18-3-1-4-21(11-18)30(32,33)34/h1-5,10-14,20,22-23H,6-9,15-17H2,(H,35,36)(H,37,39)(H,38,41)/t22-,23-. The molecule has 4 heterocycles. The molecule has 7 nitrogen and oxygen atoms in total. The first kappa shape index (κ1) is 27.5. The summed E-state index contributed by atoms with van der Waals surface area (Å²) in [5.41, 5.74) is 2.74. The molecule has 11 heteroatoms. The van der Waals surface area contributed by atoms with E-state index in [9.17, 15) is 18.0 Å². The maximum absolute atomic E-state index is 13.0. The summed E-state index contributed by atoms with van der Waals surface area (Å²) in [7, 11) is 0. The van der Waals surface area contributed by atoms with Crippen LogP contribution in [-0.2, 0) is 17.5 Å². The number of nitrogens with zero attached hydrogens (tertiary/aromatic N) is 3. The molecule has 2 aliphatic rings. The molecule has 0 bridgehead atoms. The number of halogens is 4. The van der Waals surface area contributed by atoms with E-state index in [0.717, 1.165) is 53.9 Å². The van der Waals surface area contributed by atoms with Crippen molar-refractivity contribution in [2.24, 2.45) is 5.92 Å². The number of hydrogen-bond donors (Lipinski definition) is 3. The molecular weight excluding hydrogens is 553 g/mol. The van der Waals surface area contributed by atoms with Crippen LogP contribution in [0.15, 0.2) is 60.9 Å². The van der Waals surface area contributed by atoms with Crippen LogP contribution >= 0.6 is 11.6 Å². The predicted octanol–water partition coefficient (Wildman–Crippen LogP) is 6.27. The van der Waals surface area contributed by atoms with Crippen LogP contribution in [0.4, 0.5) is 19.0 Å². The first-order valence-corrected chi connectivity index (χ1v) is 14.1. The molecule has 0 spiro atoms. The maximum Gasteiger partial charge on any atom is 0.416 e. The Bertz CT molecular complexity index is 1540. The van der Waals surface area contributed by atoms with E-state index in [1.54, 1.807) is 12.3 Å². The molecular formula is C30H30ClF3N6O. The van der Waals surface area contributed by atoms with Gasteiger partial charge in [-0.25, -0.2) is 9.97 Å². The first-order chi connectivity index (χ1) is 19.7. The molecule has 6 rings (SSSR count). The monoisotopic (exact) mass is 582 g/mol. The second-order valence-corrected chi connectivity index (χ2v) is 11.3. The Morgan fingerprint density at radius 2 is 1.83 bits per heavy atom. The molecule has 1 aliphatic carbocycles. The van der Waals surface area contributed by atoms with Crippen molar-refractivity contribution in [1.82, 2.24) is 25.2 Å². The summed E-state index contributed by atoms with van der Waals surface area (Å²) >= 11 is 6.37. The van der Waals surface area contributed by atoms with Crippen LogP contribution in [-0.4, -0.2) is 50.9 Å². The van der Waals surface area contributed by atoms with Crippen molar-refractivity contribution in [1.29, 1.82) is 0 Å². The van der Waals surface area contributed by atoms with Crippen molar-refractivity contribution in [3.8, 4) is 11.1 Å². The first-order valence-electron chi connectivity index (χ1n) is 13.8. The van der Waals surface area contributed by atoms with E-state index >= 15 is 0 Å². The molecule has 0 unspecified atom stereocenters. The molecule has 0 radical (unpaired) electrons. The zero-order chi connectivity index (χ0) is 28.6. The summed E-state index contributed by atoms with van der Waals surface area (Å²) < 4.78 is 38.9. The molecule has 1 saturated carbocycles. The molecule has 1 saturated heterocycles. The topological polar surface area (TPSA) is 85.9 Å². The number of aromatic nitrogens is 3. The molecule has 3 N–H and O–H groups in total. The highest BCUT2D eigenvalue weighted by atomic mass is 35.5. The number of hydrogen-bond acceptors (Lipinski definition) is 5. The highest BCUT2D eigenvalue weighted by molar-refractivity contribution is 6.29. The van der Waals surface area contributed by atoms with Crippen LogP contribution < -0.4 is 10.6 Å². The number of carbonyl (C=O) groups excluding carboxylic acids is 1. The summed E-state index contributed by atoms with van der Waals surface area (Å²) in [6, 6.07) is 13.5. The van der Waals surface area contributed by atoms with Gasteiger partial charge in [0.25, 0.3) is 0 Å². The zero-order valence-corrected chi connectivity index (χ0v) is 23.0. The van der Waals surface area contributed by atoms with Gasteiger partial charge in [0.1, 0.15) is 16.6 Å². The van der Waals surface area contributed by atoms with Gasteiger partial charge < -0.3 is 15.6 Å². The van der Waals surface area contributed by atoms with E-state index in [-0.39, 0.29) is 23.9 Å². The number of aromatic amines is 1. The SMILES string of the molecule is O=C(N[C@H]1CC[C@H](Nc2cc(-c3c[nH]c4ncccc34)cc(Cl)n2)CC1)C1CN(Cc2cccc(C(F)(F)F)c2)C1. The number of amides is 1. The Kier molecular flexibility index (Phi) is 7.61. The molecule has 2 fully saturated rings. The molecule has 4 aromatic rings. The minimum atomic E-state index is -4.36. The van der Waals surface area contributed by atoms with E-state index in [2.05, 4.69) is 25.6 Å². The molecule has 0 atom stereocenters. The zero-order valence-electron chi connectivity index (χ0n) is 22.2. The van der Waals surface area contributed by atoms with Crippen LogP contribution in [0.2, 0.25) is 5.15 Å². The van der Waals surface area contributed by atoms with Gasteiger partial charge in [-0.3, -0.25) is 9.69 Å². The second kappa shape index (κ2) is 11.3. The van der Waals surface area contributed by atoms with Gasteiger partial charge in [0.15, 0.2) is 0 Å². The van der Waals surface area contributed by atoms with E-state index in [1.165, 1.54) is 12.1 Å². The average molecular weight is 583 g/mol. The van der Waals surface area contributed by atoms with Crippen LogP contribution in [0, 0.1) is 5.92 Å². The molecule has 1 aromatic carbocycles. The van der Waals surface area contributed by atoms with Gasteiger partial charge >= 0.3 is 6.18 Å². The third-order valence-corrected chi connectivity index (χ3v) is 8.16. The summed E-state index contributed by atoms with van der Waals surface area (Å²) in [5, 5.41) is 8.13. The molecule has 1 aliphatic heterocycles. The van der Waals surface area contributed by atoms with Gasteiger partial charge in [-0.2, -0.15) is 13.2 Å². The summed E-state index contributed by atoms with van der Waals surface area (Å²) in [4.78, 5) is 26.8. The largest absolute Gasteiger partial charge is 0.416 e. The van der Waals surface area contributed by atoms with Crippen molar-refractivity contribution < 1.29 is 18.0 Å². The van der Waals surface area contributed by atoms with Crippen molar-refractivity contribution >= 4 is 34.4 Å². The number of rotatable bonds is 7. The summed E-state index contributed by atoms with van der Waals surface area (Å²) in [6.45, 7) is 1.50. The third-order valence-electron chi connectivity index (χ3n) is 7.97. The smallest absolute Gasteiger partial charge is 0.367 e. The minimum Gasteiger partial charge on any atom is -0.367 e. The number of anilines is 1. The number of carbonyl (C=O) groups is 1. The number of alkyl halides is 3. The Morgan fingerprint density at radius 1 is 1.05 bits per heavy atom. The number of H-pyrrole nitrogens is 1.